The topological polar surface area (TPSA) is 81.1 Å². The van der Waals surface area contributed by atoms with Crippen LogP contribution in [-0.4, -0.2) is 5.91 Å². The van der Waals surface area contributed by atoms with Crippen LogP contribution in [0.3, 0.4) is 0 Å². The van der Waals surface area contributed by atoms with Crippen LogP contribution in [-0.2, 0) is 0 Å². The van der Waals surface area contributed by atoms with Crippen molar-refractivity contribution >= 4 is 38.9 Å². The number of hydrogen-bond donors (Lipinski definition) is 3. The second-order valence-electron chi connectivity index (χ2n) is 3.88. The number of nitrogens with one attached hydrogen (secondary N) is 1. The van der Waals surface area contributed by atoms with Gasteiger partial charge in [0, 0.05) is 4.47 Å². The Morgan fingerprint density at radius 1 is 1.21 bits per heavy atom. The van der Waals surface area contributed by atoms with Crippen molar-refractivity contribution in [2.75, 3.05) is 11.1 Å². The summed E-state index contributed by atoms with van der Waals surface area (Å²) < 4.78 is 13.5. The van der Waals surface area contributed by atoms with E-state index in [1.165, 1.54) is 12.1 Å². The molecule has 6 heteroatoms. The minimum absolute atomic E-state index is 0.239. The van der Waals surface area contributed by atoms with Crippen LogP contribution in [0.4, 0.5) is 21.5 Å². The predicted molar refractivity (Wildman–Crippen MR) is 76.8 cm³/mol. The lowest BCUT2D eigenvalue weighted by atomic mass is 10.1. The predicted octanol–water partition coefficient (Wildman–Crippen LogP) is 3.01. The molecule has 0 aromatic heterocycles. The summed E-state index contributed by atoms with van der Waals surface area (Å²) in [5.74, 6) is -0.949. The lowest BCUT2D eigenvalue weighted by molar-refractivity contribution is 0.100. The molecule has 2 aromatic rings. The molecule has 0 aliphatic rings. The molecule has 1 amide bonds. The number of primary amides is 1. The van der Waals surface area contributed by atoms with Gasteiger partial charge in [0.05, 0.1) is 22.6 Å². The lowest BCUT2D eigenvalue weighted by Gasteiger charge is -2.12. The molecule has 2 rings (SSSR count). The fraction of sp³-hybridized carbons (Fsp3) is 0. The Hall–Kier alpha value is -2.08. The van der Waals surface area contributed by atoms with Crippen LogP contribution < -0.4 is 16.8 Å². The van der Waals surface area contributed by atoms with Crippen molar-refractivity contribution in [2.45, 2.75) is 0 Å². The Labute approximate surface area is 117 Å². The molecule has 4 nitrogen and oxygen atoms in total. The van der Waals surface area contributed by atoms with Crippen molar-refractivity contribution < 1.29 is 9.18 Å². The second-order valence-corrected chi connectivity index (χ2v) is 4.73. The van der Waals surface area contributed by atoms with Crippen molar-refractivity contribution in [3.8, 4) is 0 Å². The highest BCUT2D eigenvalue weighted by molar-refractivity contribution is 9.10. The molecule has 0 aliphatic heterocycles. The molecule has 0 aliphatic carbocycles. The Morgan fingerprint density at radius 2 is 1.95 bits per heavy atom. The fourth-order valence-corrected chi connectivity index (χ4v) is 2.07. The van der Waals surface area contributed by atoms with E-state index >= 15 is 0 Å². The zero-order valence-electron chi connectivity index (χ0n) is 9.78. The normalized spacial score (nSPS) is 10.2. The number of rotatable bonds is 3. The molecular weight excluding hydrogens is 313 g/mol. The van der Waals surface area contributed by atoms with Crippen LogP contribution in [0.1, 0.15) is 10.4 Å². The number of nitrogens with two attached hydrogens (primary N) is 2. The van der Waals surface area contributed by atoms with Crippen LogP contribution in [0.5, 0.6) is 0 Å². The quantitative estimate of drug-likeness (QED) is 0.759. The Kier molecular flexibility index (Phi) is 3.71. The minimum Gasteiger partial charge on any atom is -0.396 e. The lowest BCUT2D eigenvalue weighted by Crippen LogP contribution is -2.14. The van der Waals surface area contributed by atoms with Gasteiger partial charge in [0.25, 0.3) is 5.91 Å². The van der Waals surface area contributed by atoms with Gasteiger partial charge in [-0.1, -0.05) is 6.07 Å². The first-order valence-corrected chi connectivity index (χ1v) is 6.18. The van der Waals surface area contributed by atoms with E-state index in [1.54, 1.807) is 24.3 Å². The molecule has 98 valence electrons. The van der Waals surface area contributed by atoms with Gasteiger partial charge in [-0.15, -0.1) is 0 Å². The molecule has 0 atom stereocenters. The number of nitrogen functional groups attached to an aromatic ring is 1. The summed E-state index contributed by atoms with van der Waals surface area (Å²) in [6, 6.07) is 9.13. The number of hydrogen-bond acceptors (Lipinski definition) is 3. The Bertz CT molecular complexity index is 646. The summed E-state index contributed by atoms with van der Waals surface area (Å²) in [7, 11) is 0. The van der Waals surface area contributed by atoms with Crippen LogP contribution >= 0.6 is 15.9 Å². The maximum Gasteiger partial charge on any atom is 0.250 e. The number of carbonyl (C=O) groups excluding carboxylic acids is 1. The first-order valence-electron chi connectivity index (χ1n) is 5.39. The van der Waals surface area contributed by atoms with Crippen molar-refractivity contribution in [3.05, 3.63) is 52.3 Å². The minimum atomic E-state index is -0.598. The van der Waals surface area contributed by atoms with E-state index in [0.29, 0.717) is 15.8 Å². The number of anilines is 3. The van der Waals surface area contributed by atoms with Crippen LogP contribution in [0.2, 0.25) is 0 Å². The van der Waals surface area contributed by atoms with Crippen molar-refractivity contribution in [2.24, 2.45) is 5.73 Å². The van der Waals surface area contributed by atoms with Crippen LogP contribution in [0.15, 0.2) is 40.9 Å². The molecule has 0 saturated carbocycles. The summed E-state index contributed by atoms with van der Waals surface area (Å²) in [4.78, 5) is 11.2. The summed E-state index contributed by atoms with van der Waals surface area (Å²) in [6.07, 6.45) is 0. The smallest absolute Gasteiger partial charge is 0.250 e. The second kappa shape index (κ2) is 5.27. The van der Waals surface area contributed by atoms with Crippen LogP contribution in [0, 0.1) is 5.82 Å². The molecule has 0 saturated heterocycles. The van der Waals surface area contributed by atoms with Gasteiger partial charge in [0.15, 0.2) is 0 Å². The molecule has 2 aromatic carbocycles. The van der Waals surface area contributed by atoms with Crippen molar-refractivity contribution in [1.29, 1.82) is 0 Å². The third-order valence-corrected chi connectivity index (χ3v) is 3.23. The molecule has 0 bridgehead atoms. The third-order valence-electron chi connectivity index (χ3n) is 2.57. The van der Waals surface area contributed by atoms with E-state index < -0.39 is 5.91 Å². The average molecular weight is 324 g/mol. The number of amides is 1. The van der Waals surface area contributed by atoms with Gasteiger partial charge in [-0.2, -0.15) is 0 Å². The summed E-state index contributed by atoms with van der Waals surface area (Å²) in [5.41, 5.74) is 12.7. The molecule has 0 fully saturated rings. The van der Waals surface area contributed by atoms with Gasteiger partial charge < -0.3 is 16.8 Å². The van der Waals surface area contributed by atoms with E-state index in [-0.39, 0.29) is 17.1 Å². The van der Waals surface area contributed by atoms with Crippen molar-refractivity contribution in [1.82, 2.24) is 0 Å². The number of carbonyl (C=O) groups is 1. The molecular formula is C13H11BrFN3O. The van der Waals surface area contributed by atoms with E-state index in [2.05, 4.69) is 21.2 Å². The highest BCUT2D eigenvalue weighted by atomic mass is 79.9. The van der Waals surface area contributed by atoms with E-state index in [9.17, 15) is 9.18 Å². The molecule has 5 N–H and O–H groups in total. The zero-order chi connectivity index (χ0) is 14.0. The molecule has 0 spiro atoms. The Balaban J connectivity index is 2.38. The highest BCUT2D eigenvalue weighted by Crippen LogP contribution is 2.30. The molecule has 19 heavy (non-hydrogen) atoms. The number of para-hydroxylation sites is 1. The molecule has 0 radical (unpaired) electrons. The molecule has 0 heterocycles. The summed E-state index contributed by atoms with van der Waals surface area (Å²) in [6.45, 7) is 0. The van der Waals surface area contributed by atoms with Crippen molar-refractivity contribution in [3.63, 3.8) is 0 Å². The summed E-state index contributed by atoms with van der Waals surface area (Å²) >= 11 is 3.24. The average Bonchev–Trinajstić information content (AvgIpc) is 2.34. The van der Waals surface area contributed by atoms with Gasteiger partial charge in [0.1, 0.15) is 5.82 Å². The first kappa shape index (κ1) is 13.4. The largest absolute Gasteiger partial charge is 0.396 e. The maximum absolute atomic E-state index is 13.0. The van der Waals surface area contributed by atoms with Gasteiger partial charge in [-0.25, -0.2) is 4.39 Å². The maximum atomic E-state index is 13.0. The van der Waals surface area contributed by atoms with E-state index in [4.69, 9.17) is 11.5 Å². The van der Waals surface area contributed by atoms with Gasteiger partial charge in [-0.3, -0.25) is 4.79 Å². The van der Waals surface area contributed by atoms with E-state index in [1.807, 2.05) is 0 Å². The highest BCUT2D eigenvalue weighted by Gasteiger charge is 2.10. The van der Waals surface area contributed by atoms with E-state index in [0.717, 1.165) is 0 Å². The Morgan fingerprint density at radius 3 is 2.58 bits per heavy atom. The van der Waals surface area contributed by atoms with Gasteiger partial charge >= 0.3 is 0 Å². The first-order chi connectivity index (χ1) is 8.99. The third kappa shape index (κ3) is 2.85. The fourth-order valence-electron chi connectivity index (χ4n) is 1.63. The van der Waals surface area contributed by atoms with Crippen LogP contribution in [0.25, 0.3) is 0 Å². The molecule has 0 unspecified atom stereocenters. The van der Waals surface area contributed by atoms with Gasteiger partial charge in [-0.05, 0) is 46.3 Å². The standard InChI is InChI=1S/C13H11BrFN3O/c14-9-6-7(15)4-5-10(9)18-11-3-1-2-8(12(11)16)13(17)19/h1-6,18H,16H2,(H2,17,19). The monoisotopic (exact) mass is 323 g/mol. The number of halogens is 2. The summed E-state index contributed by atoms with van der Waals surface area (Å²) in [5, 5.41) is 3.02. The zero-order valence-corrected chi connectivity index (χ0v) is 11.4. The SMILES string of the molecule is NC(=O)c1cccc(Nc2ccc(F)cc2Br)c1N. The number of benzene rings is 2. The van der Waals surface area contributed by atoms with Gasteiger partial charge in [0.2, 0.25) is 0 Å².